The molecule has 1 unspecified atom stereocenters. The number of thiol groups is 1. The summed E-state index contributed by atoms with van der Waals surface area (Å²) in [5, 5.41) is 6.07. The van der Waals surface area contributed by atoms with Crippen molar-refractivity contribution in [3.63, 3.8) is 0 Å². The van der Waals surface area contributed by atoms with Gasteiger partial charge in [-0.05, 0) is 25.1 Å². The monoisotopic (exact) mass is 174 g/mol. The van der Waals surface area contributed by atoms with E-state index in [2.05, 4.69) is 23.3 Å². The van der Waals surface area contributed by atoms with E-state index in [0.29, 0.717) is 12.2 Å². The molecule has 0 aliphatic carbocycles. The molecular formula is C7H14N2OS. The lowest BCUT2D eigenvalue weighted by atomic mass is 10.3. The second-order valence-corrected chi connectivity index (χ2v) is 3.14. The number of hydrogen-bond donors (Lipinski definition) is 3. The van der Waals surface area contributed by atoms with Gasteiger partial charge in [-0.3, -0.25) is 10.1 Å². The standard InChI is InChI=1S/C7H14N2OS/c10-7(3-5-11)9-6-2-1-4-8-6/h6,8,11H,1-5H2,(H,9,10). The molecule has 0 radical (unpaired) electrons. The van der Waals surface area contributed by atoms with Crippen molar-refractivity contribution >= 4 is 18.5 Å². The summed E-state index contributed by atoms with van der Waals surface area (Å²) in [6, 6.07) is 0. The summed E-state index contributed by atoms with van der Waals surface area (Å²) in [5.41, 5.74) is 0. The molecule has 0 saturated carbocycles. The molecule has 0 aromatic heterocycles. The summed E-state index contributed by atoms with van der Waals surface area (Å²) in [5.74, 6) is 0.720. The van der Waals surface area contributed by atoms with Crippen LogP contribution in [0.15, 0.2) is 0 Å². The molecule has 0 aromatic rings. The number of rotatable bonds is 3. The number of carbonyl (C=O) groups excluding carboxylic acids is 1. The number of nitrogens with one attached hydrogen (secondary N) is 2. The number of hydrogen-bond acceptors (Lipinski definition) is 3. The van der Waals surface area contributed by atoms with Crippen molar-refractivity contribution in [1.82, 2.24) is 10.6 Å². The van der Waals surface area contributed by atoms with E-state index in [0.717, 1.165) is 19.4 Å². The maximum absolute atomic E-state index is 11.0. The highest BCUT2D eigenvalue weighted by molar-refractivity contribution is 7.80. The van der Waals surface area contributed by atoms with Gasteiger partial charge in [0.05, 0.1) is 6.17 Å². The molecule has 1 aliphatic rings. The first-order chi connectivity index (χ1) is 5.33. The number of carbonyl (C=O) groups is 1. The van der Waals surface area contributed by atoms with E-state index < -0.39 is 0 Å². The van der Waals surface area contributed by atoms with Gasteiger partial charge >= 0.3 is 0 Å². The van der Waals surface area contributed by atoms with Crippen LogP contribution in [-0.4, -0.2) is 24.4 Å². The SMILES string of the molecule is O=C(CCS)NC1CCCN1. The third kappa shape index (κ3) is 3.12. The van der Waals surface area contributed by atoms with Gasteiger partial charge in [0.1, 0.15) is 0 Å². The zero-order valence-electron chi connectivity index (χ0n) is 6.47. The largest absolute Gasteiger partial charge is 0.341 e. The Labute approximate surface area is 72.3 Å². The smallest absolute Gasteiger partial charge is 0.222 e. The van der Waals surface area contributed by atoms with Gasteiger partial charge in [-0.25, -0.2) is 0 Å². The number of amides is 1. The van der Waals surface area contributed by atoms with Crippen molar-refractivity contribution in [2.75, 3.05) is 12.3 Å². The lowest BCUT2D eigenvalue weighted by Crippen LogP contribution is -2.41. The van der Waals surface area contributed by atoms with Crippen LogP contribution in [0, 0.1) is 0 Å². The Morgan fingerprint density at radius 2 is 2.55 bits per heavy atom. The zero-order valence-corrected chi connectivity index (χ0v) is 7.36. The van der Waals surface area contributed by atoms with Crippen LogP contribution in [0.1, 0.15) is 19.3 Å². The second kappa shape index (κ2) is 4.62. The van der Waals surface area contributed by atoms with Crippen LogP contribution in [0.3, 0.4) is 0 Å². The van der Waals surface area contributed by atoms with Crippen molar-refractivity contribution in [1.29, 1.82) is 0 Å². The van der Waals surface area contributed by atoms with E-state index in [-0.39, 0.29) is 12.1 Å². The van der Waals surface area contributed by atoms with Gasteiger partial charge in [0.25, 0.3) is 0 Å². The maximum atomic E-state index is 11.0. The first-order valence-electron chi connectivity index (χ1n) is 3.96. The lowest BCUT2D eigenvalue weighted by Gasteiger charge is -2.11. The third-order valence-electron chi connectivity index (χ3n) is 1.73. The van der Waals surface area contributed by atoms with Gasteiger partial charge in [-0.1, -0.05) is 0 Å². The molecule has 4 heteroatoms. The fourth-order valence-corrected chi connectivity index (χ4v) is 1.38. The van der Waals surface area contributed by atoms with Crippen LogP contribution in [0.5, 0.6) is 0 Å². The average molecular weight is 174 g/mol. The van der Waals surface area contributed by atoms with E-state index in [1.54, 1.807) is 0 Å². The third-order valence-corrected chi connectivity index (χ3v) is 1.96. The van der Waals surface area contributed by atoms with Crippen molar-refractivity contribution in [3.8, 4) is 0 Å². The summed E-state index contributed by atoms with van der Waals surface area (Å²) in [6.07, 6.45) is 2.94. The van der Waals surface area contributed by atoms with Crippen LogP contribution in [-0.2, 0) is 4.79 Å². The van der Waals surface area contributed by atoms with Crippen molar-refractivity contribution < 1.29 is 4.79 Å². The van der Waals surface area contributed by atoms with Crippen LogP contribution < -0.4 is 10.6 Å². The van der Waals surface area contributed by atoms with E-state index in [4.69, 9.17) is 0 Å². The lowest BCUT2D eigenvalue weighted by molar-refractivity contribution is -0.121. The molecule has 1 aliphatic heterocycles. The van der Waals surface area contributed by atoms with Gasteiger partial charge in [-0.15, -0.1) is 0 Å². The summed E-state index contributed by atoms with van der Waals surface area (Å²) in [4.78, 5) is 11.0. The Hall–Kier alpha value is -0.220. The molecule has 0 spiro atoms. The molecule has 1 atom stereocenters. The van der Waals surface area contributed by atoms with E-state index in [9.17, 15) is 4.79 Å². The topological polar surface area (TPSA) is 41.1 Å². The molecule has 1 saturated heterocycles. The van der Waals surface area contributed by atoms with Crippen molar-refractivity contribution in [2.45, 2.75) is 25.4 Å². The molecule has 1 rings (SSSR count). The molecule has 1 heterocycles. The summed E-state index contributed by atoms with van der Waals surface area (Å²) in [6.45, 7) is 1.02. The highest BCUT2D eigenvalue weighted by atomic mass is 32.1. The summed E-state index contributed by atoms with van der Waals surface area (Å²) >= 11 is 3.98. The fourth-order valence-electron chi connectivity index (χ4n) is 1.18. The fraction of sp³-hybridized carbons (Fsp3) is 0.857. The van der Waals surface area contributed by atoms with Crippen LogP contribution >= 0.6 is 12.6 Å². The molecule has 2 N–H and O–H groups in total. The van der Waals surface area contributed by atoms with E-state index >= 15 is 0 Å². The Morgan fingerprint density at radius 1 is 1.73 bits per heavy atom. The first-order valence-corrected chi connectivity index (χ1v) is 4.60. The first kappa shape index (κ1) is 8.87. The Bertz CT molecular complexity index is 134. The van der Waals surface area contributed by atoms with Gasteiger partial charge in [-0.2, -0.15) is 12.6 Å². The van der Waals surface area contributed by atoms with Gasteiger partial charge in [0, 0.05) is 6.42 Å². The highest BCUT2D eigenvalue weighted by Gasteiger charge is 2.14. The van der Waals surface area contributed by atoms with Gasteiger partial charge < -0.3 is 5.32 Å². The van der Waals surface area contributed by atoms with Crippen LogP contribution in [0.25, 0.3) is 0 Å². The molecule has 0 bridgehead atoms. The summed E-state index contributed by atoms with van der Waals surface area (Å²) in [7, 11) is 0. The second-order valence-electron chi connectivity index (χ2n) is 2.69. The minimum absolute atomic E-state index is 0.0967. The minimum Gasteiger partial charge on any atom is -0.341 e. The van der Waals surface area contributed by atoms with Crippen molar-refractivity contribution in [2.24, 2.45) is 0 Å². The molecular weight excluding hydrogens is 160 g/mol. The van der Waals surface area contributed by atoms with Crippen molar-refractivity contribution in [3.05, 3.63) is 0 Å². The Morgan fingerprint density at radius 3 is 3.09 bits per heavy atom. The van der Waals surface area contributed by atoms with Gasteiger partial charge in [0.2, 0.25) is 5.91 Å². The molecule has 11 heavy (non-hydrogen) atoms. The molecule has 0 aromatic carbocycles. The predicted octanol–water partition coefficient (Wildman–Crippen LogP) is 0.132. The zero-order chi connectivity index (χ0) is 8.10. The molecule has 3 nitrogen and oxygen atoms in total. The normalized spacial score (nSPS) is 23.5. The molecule has 1 fully saturated rings. The van der Waals surface area contributed by atoms with Crippen LogP contribution in [0.4, 0.5) is 0 Å². The van der Waals surface area contributed by atoms with Crippen LogP contribution in [0.2, 0.25) is 0 Å². The summed E-state index contributed by atoms with van der Waals surface area (Å²) < 4.78 is 0. The predicted molar refractivity (Wildman–Crippen MR) is 47.6 cm³/mol. The Kier molecular flexibility index (Phi) is 3.72. The minimum atomic E-state index is 0.0967. The molecule has 1 amide bonds. The maximum Gasteiger partial charge on any atom is 0.222 e. The molecule has 64 valence electrons. The quantitative estimate of drug-likeness (QED) is 0.532. The van der Waals surface area contributed by atoms with E-state index in [1.807, 2.05) is 0 Å². The van der Waals surface area contributed by atoms with E-state index in [1.165, 1.54) is 0 Å². The Balaban J connectivity index is 2.13. The average Bonchev–Trinajstić information content (AvgIpc) is 2.40. The highest BCUT2D eigenvalue weighted by Crippen LogP contribution is 2.01. The van der Waals surface area contributed by atoms with Gasteiger partial charge in [0.15, 0.2) is 0 Å².